The maximum atomic E-state index is 11.8. The lowest BCUT2D eigenvalue weighted by molar-refractivity contribution is -0.111. The van der Waals surface area contributed by atoms with E-state index in [1.54, 1.807) is 43.5 Å². The molecule has 4 heteroatoms. The molecule has 0 spiro atoms. The summed E-state index contributed by atoms with van der Waals surface area (Å²) in [6.07, 6.45) is 3.13. The van der Waals surface area contributed by atoms with Crippen molar-refractivity contribution in [2.45, 2.75) is 0 Å². The highest BCUT2D eigenvalue weighted by Gasteiger charge is 1.99. The van der Waals surface area contributed by atoms with Crippen LogP contribution in [0.15, 0.2) is 54.6 Å². The first-order chi connectivity index (χ1) is 9.69. The van der Waals surface area contributed by atoms with Crippen molar-refractivity contribution in [3.8, 4) is 5.75 Å². The highest BCUT2D eigenvalue weighted by molar-refractivity contribution is 6.32. The highest BCUT2D eigenvalue weighted by atomic mass is 35.5. The Morgan fingerprint density at radius 2 is 1.85 bits per heavy atom. The van der Waals surface area contributed by atoms with Gasteiger partial charge in [0.1, 0.15) is 5.75 Å². The molecule has 0 aliphatic rings. The van der Waals surface area contributed by atoms with E-state index in [4.69, 9.17) is 16.3 Å². The van der Waals surface area contributed by atoms with Gasteiger partial charge in [0.15, 0.2) is 0 Å². The van der Waals surface area contributed by atoms with Crippen LogP contribution in [0.3, 0.4) is 0 Å². The molecule has 0 aromatic heterocycles. The van der Waals surface area contributed by atoms with Gasteiger partial charge in [0, 0.05) is 16.8 Å². The molecule has 0 bridgehead atoms. The smallest absolute Gasteiger partial charge is 0.248 e. The predicted molar refractivity (Wildman–Crippen MR) is 82.1 cm³/mol. The quantitative estimate of drug-likeness (QED) is 0.863. The van der Waals surface area contributed by atoms with Crippen molar-refractivity contribution >= 4 is 29.3 Å². The number of hydrogen-bond acceptors (Lipinski definition) is 2. The summed E-state index contributed by atoms with van der Waals surface area (Å²) in [5.74, 6) is 0.532. The lowest BCUT2D eigenvalue weighted by Crippen LogP contribution is -2.07. The maximum Gasteiger partial charge on any atom is 0.248 e. The van der Waals surface area contributed by atoms with Crippen LogP contribution in [0.25, 0.3) is 6.08 Å². The Kier molecular flexibility index (Phi) is 4.80. The Hall–Kier alpha value is -2.26. The van der Waals surface area contributed by atoms with Crippen LogP contribution in [0.4, 0.5) is 5.69 Å². The number of carbonyl (C=O) groups excluding carboxylic acids is 1. The van der Waals surface area contributed by atoms with Gasteiger partial charge in [0.05, 0.1) is 7.11 Å². The normalized spacial score (nSPS) is 10.5. The zero-order valence-electron chi connectivity index (χ0n) is 11.0. The fourth-order valence-electron chi connectivity index (χ4n) is 1.63. The third kappa shape index (κ3) is 3.87. The second-order valence-electron chi connectivity index (χ2n) is 4.07. The molecule has 1 N–H and O–H groups in total. The van der Waals surface area contributed by atoms with E-state index in [-0.39, 0.29) is 5.91 Å². The van der Waals surface area contributed by atoms with Crippen LogP contribution < -0.4 is 10.1 Å². The molecule has 2 aromatic carbocycles. The number of amides is 1. The van der Waals surface area contributed by atoms with Gasteiger partial charge in [-0.2, -0.15) is 0 Å². The zero-order valence-corrected chi connectivity index (χ0v) is 11.7. The van der Waals surface area contributed by atoms with Gasteiger partial charge in [-0.25, -0.2) is 0 Å². The number of nitrogens with one attached hydrogen (secondary N) is 1. The number of halogens is 1. The number of carbonyl (C=O) groups is 1. The molecular formula is C16H14ClNO2. The maximum absolute atomic E-state index is 11.8. The molecule has 102 valence electrons. The lowest BCUT2D eigenvalue weighted by atomic mass is 10.2. The largest absolute Gasteiger partial charge is 0.497 e. The Morgan fingerprint density at radius 1 is 1.15 bits per heavy atom. The number of methoxy groups -OCH3 is 1. The number of hydrogen-bond donors (Lipinski definition) is 1. The molecule has 0 aliphatic heterocycles. The summed E-state index contributed by atoms with van der Waals surface area (Å²) < 4.78 is 5.05. The van der Waals surface area contributed by atoms with Crippen LogP contribution in [0, 0.1) is 0 Å². The van der Waals surface area contributed by atoms with Gasteiger partial charge in [-0.15, -0.1) is 0 Å². The van der Waals surface area contributed by atoms with E-state index in [0.717, 1.165) is 11.3 Å². The van der Waals surface area contributed by atoms with Gasteiger partial charge < -0.3 is 10.1 Å². The molecule has 1 amide bonds. The minimum atomic E-state index is -0.213. The minimum absolute atomic E-state index is 0.213. The number of rotatable bonds is 4. The van der Waals surface area contributed by atoms with Crippen molar-refractivity contribution in [1.82, 2.24) is 0 Å². The topological polar surface area (TPSA) is 38.3 Å². The summed E-state index contributed by atoms with van der Waals surface area (Å²) in [5, 5.41) is 3.37. The number of anilines is 1. The molecule has 2 aromatic rings. The van der Waals surface area contributed by atoms with Crippen LogP contribution in [-0.4, -0.2) is 13.0 Å². The first kappa shape index (κ1) is 14.2. The summed E-state index contributed by atoms with van der Waals surface area (Å²) in [7, 11) is 1.60. The molecule has 2 rings (SSSR count). The van der Waals surface area contributed by atoms with Crippen molar-refractivity contribution in [3.63, 3.8) is 0 Å². The minimum Gasteiger partial charge on any atom is -0.497 e. The van der Waals surface area contributed by atoms with Crippen LogP contribution in [0.5, 0.6) is 5.75 Å². The summed E-state index contributed by atoms with van der Waals surface area (Å²) in [6, 6.07) is 14.5. The van der Waals surface area contributed by atoms with Crippen LogP contribution in [-0.2, 0) is 4.79 Å². The molecular weight excluding hydrogens is 274 g/mol. The monoisotopic (exact) mass is 287 g/mol. The SMILES string of the molecule is COc1ccc(NC(=O)C=Cc2ccccc2Cl)cc1. The van der Waals surface area contributed by atoms with Gasteiger partial charge in [-0.3, -0.25) is 4.79 Å². The Labute approximate surface area is 122 Å². The molecule has 0 saturated carbocycles. The van der Waals surface area contributed by atoms with Crippen LogP contribution >= 0.6 is 11.6 Å². The summed E-state index contributed by atoms with van der Waals surface area (Å²) in [6.45, 7) is 0. The van der Waals surface area contributed by atoms with Gasteiger partial charge in [0.25, 0.3) is 0 Å². The number of ether oxygens (including phenoxy) is 1. The van der Waals surface area contributed by atoms with E-state index in [1.165, 1.54) is 6.08 Å². The van der Waals surface area contributed by atoms with E-state index in [2.05, 4.69) is 5.32 Å². The lowest BCUT2D eigenvalue weighted by Gasteiger charge is -2.03. The molecule has 3 nitrogen and oxygen atoms in total. The van der Waals surface area contributed by atoms with E-state index >= 15 is 0 Å². The van der Waals surface area contributed by atoms with E-state index in [0.29, 0.717) is 10.7 Å². The summed E-state index contributed by atoms with van der Waals surface area (Å²) in [4.78, 5) is 11.8. The molecule has 0 atom stereocenters. The molecule has 20 heavy (non-hydrogen) atoms. The van der Waals surface area contributed by atoms with Crippen molar-refractivity contribution in [1.29, 1.82) is 0 Å². The van der Waals surface area contributed by atoms with Gasteiger partial charge in [-0.05, 0) is 42.0 Å². The molecule has 0 aliphatic carbocycles. The zero-order chi connectivity index (χ0) is 14.4. The second kappa shape index (κ2) is 6.78. The Morgan fingerprint density at radius 3 is 2.50 bits per heavy atom. The van der Waals surface area contributed by atoms with Gasteiger partial charge in [0.2, 0.25) is 5.91 Å². The fraction of sp³-hybridized carbons (Fsp3) is 0.0625. The predicted octanol–water partition coefficient (Wildman–Crippen LogP) is 4.00. The highest BCUT2D eigenvalue weighted by Crippen LogP contribution is 2.17. The molecule has 0 saturated heterocycles. The Bertz CT molecular complexity index is 621. The van der Waals surface area contributed by atoms with Crippen molar-refractivity contribution in [3.05, 3.63) is 65.2 Å². The first-order valence-electron chi connectivity index (χ1n) is 6.06. The van der Waals surface area contributed by atoms with E-state index < -0.39 is 0 Å². The average molecular weight is 288 g/mol. The second-order valence-corrected chi connectivity index (χ2v) is 4.48. The van der Waals surface area contributed by atoms with Gasteiger partial charge in [-0.1, -0.05) is 29.8 Å². The first-order valence-corrected chi connectivity index (χ1v) is 6.44. The standard InChI is InChI=1S/C16H14ClNO2/c1-20-14-9-7-13(8-10-14)18-16(19)11-6-12-4-2-3-5-15(12)17/h2-11H,1H3,(H,18,19). The Balaban J connectivity index is 2.00. The molecule has 0 radical (unpaired) electrons. The third-order valence-electron chi connectivity index (χ3n) is 2.68. The van der Waals surface area contributed by atoms with Crippen molar-refractivity contribution in [2.24, 2.45) is 0 Å². The summed E-state index contributed by atoms with van der Waals surface area (Å²) >= 11 is 6.00. The van der Waals surface area contributed by atoms with Crippen molar-refractivity contribution in [2.75, 3.05) is 12.4 Å². The molecule has 0 unspecified atom stereocenters. The summed E-state index contributed by atoms with van der Waals surface area (Å²) in [5.41, 5.74) is 1.51. The van der Waals surface area contributed by atoms with E-state index in [1.807, 2.05) is 18.2 Å². The fourth-order valence-corrected chi connectivity index (χ4v) is 1.83. The van der Waals surface area contributed by atoms with Gasteiger partial charge >= 0.3 is 0 Å². The third-order valence-corrected chi connectivity index (χ3v) is 3.02. The van der Waals surface area contributed by atoms with Crippen LogP contribution in [0.2, 0.25) is 5.02 Å². The molecule has 0 heterocycles. The van der Waals surface area contributed by atoms with Crippen LogP contribution in [0.1, 0.15) is 5.56 Å². The van der Waals surface area contributed by atoms with E-state index in [9.17, 15) is 4.79 Å². The van der Waals surface area contributed by atoms with Crippen molar-refractivity contribution < 1.29 is 9.53 Å². The number of benzene rings is 2. The average Bonchev–Trinajstić information content (AvgIpc) is 2.47. The molecule has 0 fully saturated rings.